The Bertz CT molecular complexity index is 614. The van der Waals surface area contributed by atoms with E-state index in [4.69, 9.17) is 21.1 Å². The number of hydrogen-bond acceptors (Lipinski definition) is 3. The van der Waals surface area contributed by atoms with Crippen LogP contribution >= 0.6 is 11.6 Å². The van der Waals surface area contributed by atoms with E-state index in [2.05, 4.69) is 18.3 Å². The van der Waals surface area contributed by atoms with Gasteiger partial charge in [0.15, 0.2) is 11.5 Å². The van der Waals surface area contributed by atoms with Crippen molar-refractivity contribution in [2.45, 2.75) is 20.0 Å². The second kappa shape index (κ2) is 7.34. The average Bonchev–Trinajstić information content (AvgIpc) is 2.49. The second-order valence-corrected chi connectivity index (χ2v) is 5.30. The van der Waals surface area contributed by atoms with Gasteiger partial charge < -0.3 is 14.8 Å². The molecule has 0 aliphatic heterocycles. The van der Waals surface area contributed by atoms with Crippen molar-refractivity contribution in [3.05, 3.63) is 58.1 Å². The molecule has 0 aliphatic carbocycles. The van der Waals surface area contributed by atoms with Gasteiger partial charge >= 0.3 is 0 Å². The minimum atomic E-state index is 0.745. The van der Waals surface area contributed by atoms with Crippen LogP contribution in [0.4, 0.5) is 0 Å². The van der Waals surface area contributed by atoms with Crippen molar-refractivity contribution in [3.63, 3.8) is 0 Å². The van der Waals surface area contributed by atoms with Gasteiger partial charge in [-0.25, -0.2) is 0 Å². The molecule has 0 atom stereocenters. The van der Waals surface area contributed by atoms with Gasteiger partial charge in [0, 0.05) is 18.1 Å². The van der Waals surface area contributed by atoms with Crippen LogP contribution in [0.2, 0.25) is 5.02 Å². The number of aryl methyl sites for hydroxylation is 1. The maximum Gasteiger partial charge on any atom is 0.161 e. The highest BCUT2D eigenvalue weighted by Crippen LogP contribution is 2.27. The third-order valence-corrected chi connectivity index (χ3v) is 3.63. The number of rotatable bonds is 6. The zero-order valence-electron chi connectivity index (χ0n) is 12.6. The van der Waals surface area contributed by atoms with Crippen LogP contribution in [0.5, 0.6) is 11.5 Å². The molecule has 2 aromatic rings. The minimum Gasteiger partial charge on any atom is -0.493 e. The molecule has 0 aromatic heterocycles. The molecule has 21 heavy (non-hydrogen) atoms. The molecule has 0 fully saturated rings. The van der Waals surface area contributed by atoms with Crippen molar-refractivity contribution >= 4 is 11.6 Å². The Hall–Kier alpha value is -1.71. The lowest BCUT2D eigenvalue weighted by Crippen LogP contribution is -2.13. The fraction of sp³-hybridized carbons (Fsp3) is 0.294. The van der Waals surface area contributed by atoms with Gasteiger partial charge in [0.2, 0.25) is 0 Å². The van der Waals surface area contributed by atoms with Crippen molar-refractivity contribution in [2.24, 2.45) is 0 Å². The number of hydrogen-bond donors (Lipinski definition) is 1. The van der Waals surface area contributed by atoms with E-state index in [-0.39, 0.29) is 0 Å². The summed E-state index contributed by atoms with van der Waals surface area (Å²) in [6.45, 7) is 3.64. The molecule has 0 amide bonds. The maximum absolute atomic E-state index is 5.96. The molecule has 0 saturated heterocycles. The largest absolute Gasteiger partial charge is 0.493 e. The highest BCUT2D eigenvalue weighted by Gasteiger charge is 2.05. The van der Waals surface area contributed by atoms with Gasteiger partial charge in [0.05, 0.1) is 14.2 Å². The molecule has 0 spiro atoms. The fourth-order valence-corrected chi connectivity index (χ4v) is 2.42. The first-order chi connectivity index (χ1) is 10.1. The summed E-state index contributed by atoms with van der Waals surface area (Å²) in [5.74, 6) is 1.49. The molecule has 0 saturated carbocycles. The molecule has 1 N–H and O–H groups in total. The highest BCUT2D eigenvalue weighted by molar-refractivity contribution is 6.30. The summed E-state index contributed by atoms with van der Waals surface area (Å²) < 4.78 is 10.5. The van der Waals surface area contributed by atoms with Gasteiger partial charge in [-0.3, -0.25) is 0 Å². The van der Waals surface area contributed by atoms with Gasteiger partial charge in [-0.05, 0) is 47.9 Å². The smallest absolute Gasteiger partial charge is 0.161 e. The lowest BCUT2D eigenvalue weighted by molar-refractivity contribution is 0.354. The van der Waals surface area contributed by atoms with Crippen LogP contribution in [-0.4, -0.2) is 14.2 Å². The topological polar surface area (TPSA) is 30.5 Å². The number of halogens is 1. The number of methoxy groups -OCH3 is 2. The molecular weight excluding hydrogens is 286 g/mol. The Morgan fingerprint density at radius 1 is 0.952 bits per heavy atom. The van der Waals surface area contributed by atoms with E-state index < -0.39 is 0 Å². The molecule has 3 nitrogen and oxygen atoms in total. The normalized spacial score (nSPS) is 10.5. The van der Waals surface area contributed by atoms with Crippen LogP contribution in [0.3, 0.4) is 0 Å². The van der Waals surface area contributed by atoms with Crippen LogP contribution in [0.25, 0.3) is 0 Å². The lowest BCUT2D eigenvalue weighted by Gasteiger charge is -2.11. The molecule has 112 valence electrons. The predicted molar refractivity (Wildman–Crippen MR) is 86.3 cm³/mol. The number of ether oxygens (including phenoxy) is 2. The quantitative estimate of drug-likeness (QED) is 0.876. The van der Waals surface area contributed by atoms with E-state index in [1.54, 1.807) is 14.2 Å². The Balaban J connectivity index is 1.97. The number of nitrogens with one attached hydrogen (secondary N) is 1. The number of benzene rings is 2. The van der Waals surface area contributed by atoms with Gasteiger partial charge in [0.25, 0.3) is 0 Å². The molecule has 2 rings (SSSR count). The molecular formula is C17H20ClNO2. The second-order valence-electron chi connectivity index (χ2n) is 4.86. The first kappa shape index (κ1) is 15.7. The summed E-state index contributed by atoms with van der Waals surface area (Å²) in [5.41, 5.74) is 3.60. The molecule has 0 unspecified atom stereocenters. The fourth-order valence-electron chi connectivity index (χ4n) is 2.19. The maximum atomic E-state index is 5.96. The summed E-state index contributed by atoms with van der Waals surface area (Å²) in [4.78, 5) is 0. The zero-order chi connectivity index (χ0) is 15.2. The van der Waals surface area contributed by atoms with Gasteiger partial charge in [-0.2, -0.15) is 0 Å². The Labute approximate surface area is 130 Å². The van der Waals surface area contributed by atoms with Crippen molar-refractivity contribution in [3.8, 4) is 11.5 Å². The molecule has 0 aliphatic rings. The summed E-state index contributed by atoms with van der Waals surface area (Å²) >= 11 is 5.96. The van der Waals surface area contributed by atoms with E-state index >= 15 is 0 Å². The Kier molecular flexibility index (Phi) is 5.48. The monoisotopic (exact) mass is 305 g/mol. The van der Waals surface area contributed by atoms with Crippen LogP contribution < -0.4 is 14.8 Å². The van der Waals surface area contributed by atoms with E-state index in [0.717, 1.165) is 35.2 Å². The Morgan fingerprint density at radius 2 is 1.71 bits per heavy atom. The van der Waals surface area contributed by atoms with E-state index in [1.807, 2.05) is 30.3 Å². The van der Waals surface area contributed by atoms with Gasteiger partial charge in [-0.15, -0.1) is 0 Å². The third kappa shape index (κ3) is 4.13. The first-order valence-corrected chi connectivity index (χ1v) is 7.18. The predicted octanol–water partition coefficient (Wildman–Crippen LogP) is 3.96. The zero-order valence-corrected chi connectivity index (χ0v) is 13.3. The Morgan fingerprint density at radius 3 is 2.38 bits per heavy atom. The molecule has 0 radical (unpaired) electrons. The van der Waals surface area contributed by atoms with Crippen LogP contribution in [0, 0.1) is 6.92 Å². The molecule has 0 heterocycles. The lowest BCUT2D eigenvalue weighted by atomic mass is 10.1. The summed E-state index contributed by atoms with van der Waals surface area (Å²) in [6, 6.07) is 11.9. The van der Waals surface area contributed by atoms with Gasteiger partial charge in [-0.1, -0.05) is 23.7 Å². The minimum absolute atomic E-state index is 0.745. The van der Waals surface area contributed by atoms with E-state index in [0.29, 0.717) is 0 Å². The summed E-state index contributed by atoms with van der Waals surface area (Å²) in [6.07, 6.45) is 0. The summed E-state index contributed by atoms with van der Waals surface area (Å²) in [5, 5.41) is 4.20. The molecule has 2 aromatic carbocycles. The van der Waals surface area contributed by atoms with Crippen LogP contribution in [0.15, 0.2) is 36.4 Å². The van der Waals surface area contributed by atoms with Crippen molar-refractivity contribution in [1.82, 2.24) is 5.32 Å². The van der Waals surface area contributed by atoms with E-state index in [9.17, 15) is 0 Å². The summed E-state index contributed by atoms with van der Waals surface area (Å²) in [7, 11) is 3.28. The van der Waals surface area contributed by atoms with Crippen molar-refractivity contribution < 1.29 is 9.47 Å². The van der Waals surface area contributed by atoms with Crippen molar-refractivity contribution in [2.75, 3.05) is 14.2 Å². The van der Waals surface area contributed by atoms with E-state index in [1.165, 1.54) is 11.1 Å². The third-order valence-electron chi connectivity index (χ3n) is 3.40. The first-order valence-electron chi connectivity index (χ1n) is 6.80. The van der Waals surface area contributed by atoms with Crippen molar-refractivity contribution in [1.29, 1.82) is 0 Å². The SMILES string of the molecule is COc1ccc(CNCc2ccc(Cl)cc2C)cc1OC. The van der Waals surface area contributed by atoms with Crippen LogP contribution in [0.1, 0.15) is 16.7 Å². The standard InChI is InChI=1S/C17H20ClNO2/c1-12-8-15(18)6-5-14(12)11-19-10-13-4-7-16(20-2)17(9-13)21-3/h4-9,19H,10-11H2,1-3H3. The molecule has 0 bridgehead atoms. The van der Waals surface area contributed by atoms with Gasteiger partial charge in [0.1, 0.15) is 0 Å². The molecule has 4 heteroatoms. The average molecular weight is 306 g/mol. The highest BCUT2D eigenvalue weighted by atomic mass is 35.5. The van der Waals surface area contributed by atoms with Crippen LogP contribution in [-0.2, 0) is 13.1 Å².